The van der Waals surface area contributed by atoms with Crippen molar-refractivity contribution in [2.24, 2.45) is 0 Å². The molecule has 4 aromatic rings. The van der Waals surface area contributed by atoms with Crippen molar-refractivity contribution < 1.29 is 0 Å². The summed E-state index contributed by atoms with van der Waals surface area (Å²) >= 11 is 6.27. The highest BCUT2D eigenvalue weighted by Crippen LogP contribution is 2.29. The molecule has 4 nitrogen and oxygen atoms in total. The molecule has 0 aliphatic carbocycles. The third-order valence-corrected chi connectivity index (χ3v) is 3.47. The topological polar surface area (TPSA) is 54.5 Å². The monoisotopic (exact) mass is 280 g/mol. The summed E-state index contributed by atoms with van der Waals surface area (Å²) in [6.07, 6.45) is 1.71. The van der Waals surface area contributed by atoms with E-state index in [-0.39, 0.29) is 0 Å². The Kier molecular flexibility index (Phi) is 2.44. The molecule has 0 unspecified atom stereocenters. The van der Waals surface area contributed by atoms with Gasteiger partial charge in [-0.3, -0.25) is 4.98 Å². The molecule has 0 aliphatic rings. The summed E-state index contributed by atoms with van der Waals surface area (Å²) in [6, 6.07) is 13.6. The lowest BCUT2D eigenvalue weighted by Crippen LogP contribution is -1.92. The van der Waals surface area contributed by atoms with Crippen LogP contribution < -0.4 is 0 Å². The molecule has 0 atom stereocenters. The van der Waals surface area contributed by atoms with Crippen LogP contribution in [0.25, 0.3) is 33.5 Å². The average Bonchev–Trinajstić information content (AvgIpc) is 2.88. The molecule has 3 heterocycles. The van der Waals surface area contributed by atoms with Crippen molar-refractivity contribution in [3.63, 3.8) is 0 Å². The third-order valence-electron chi connectivity index (χ3n) is 3.20. The van der Waals surface area contributed by atoms with Crippen LogP contribution >= 0.6 is 11.6 Å². The summed E-state index contributed by atoms with van der Waals surface area (Å²) in [5.74, 6) is 0.535. The molecule has 96 valence electrons. The minimum absolute atomic E-state index is 0.409. The van der Waals surface area contributed by atoms with Gasteiger partial charge in [-0.25, -0.2) is 9.97 Å². The SMILES string of the molecule is Clc1nc(-c2ccccn2)nc2c1[nH]c1ccccc12. The van der Waals surface area contributed by atoms with E-state index in [4.69, 9.17) is 11.6 Å². The number of rotatable bonds is 1. The van der Waals surface area contributed by atoms with Gasteiger partial charge in [0.25, 0.3) is 0 Å². The Hall–Kier alpha value is -2.46. The van der Waals surface area contributed by atoms with Gasteiger partial charge in [0.15, 0.2) is 11.0 Å². The normalized spacial score (nSPS) is 11.2. The number of nitrogens with zero attached hydrogens (tertiary/aromatic N) is 3. The maximum absolute atomic E-state index is 6.27. The summed E-state index contributed by atoms with van der Waals surface area (Å²) in [4.78, 5) is 16.4. The van der Waals surface area contributed by atoms with Gasteiger partial charge in [0.05, 0.1) is 0 Å². The number of nitrogens with one attached hydrogen (secondary N) is 1. The predicted molar refractivity (Wildman–Crippen MR) is 79.6 cm³/mol. The number of hydrogen-bond acceptors (Lipinski definition) is 3. The first-order chi connectivity index (χ1) is 9.83. The zero-order chi connectivity index (χ0) is 13.5. The summed E-state index contributed by atoms with van der Waals surface area (Å²) in [5.41, 5.74) is 3.28. The van der Waals surface area contributed by atoms with E-state index in [0.717, 1.165) is 21.9 Å². The van der Waals surface area contributed by atoms with E-state index in [1.807, 2.05) is 42.5 Å². The quantitative estimate of drug-likeness (QED) is 0.539. The molecule has 3 aromatic heterocycles. The minimum Gasteiger partial charge on any atom is -0.351 e. The Balaban J connectivity index is 2.08. The summed E-state index contributed by atoms with van der Waals surface area (Å²) < 4.78 is 0. The molecule has 0 saturated carbocycles. The lowest BCUT2D eigenvalue weighted by Gasteiger charge is -2.00. The predicted octanol–water partition coefficient (Wildman–Crippen LogP) is 3.83. The van der Waals surface area contributed by atoms with Crippen molar-refractivity contribution in [1.29, 1.82) is 0 Å². The largest absolute Gasteiger partial charge is 0.351 e. The average molecular weight is 281 g/mol. The number of H-pyrrole nitrogens is 1. The van der Waals surface area contributed by atoms with E-state index in [1.165, 1.54) is 0 Å². The number of aromatic nitrogens is 4. The Morgan fingerprint density at radius 2 is 1.80 bits per heavy atom. The second-order valence-corrected chi connectivity index (χ2v) is 4.81. The Labute approximate surface area is 119 Å². The van der Waals surface area contributed by atoms with Gasteiger partial charge in [0, 0.05) is 17.1 Å². The molecule has 0 aliphatic heterocycles. The lowest BCUT2D eigenvalue weighted by molar-refractivity contribution is 1.18. The van der Waals surface area contributed by atoms with E-state index in [9.17, 15) is 0 Å². The van der Waals surface area contributed by atoms with Gasteiger partial charge < -0.3 is 4.98 Å². The van der Waals surface area contributed by atoms with E-state index in [1.54, 1.807) is 6.20 Å². The van der Waals surface area contributed by atoms with E-state index in [2.05, 4.69) is 19.9 Å². The number of fused-ring (bicyclic) bond motifs is 3. The molecule has 4 rings (SSSR count). The molecular weight excluding hydrogens is 272 g/mol. The number of pyridine rings is 1. The Morgan fingerprint density at radius 1 is 0.950 bits per heavy atom. The molecule has 0 saturated heterocycles. The molecule has 20 heavy (non-hydrogen) atoms. The smallest absolute Gasteiger partial charge is 0.180 e. The fourth-order valence-electron chi connectivity index (χ4n) is 2.28. The summed E-state index contributed by atoms with van der Waals surface area (Å²) in [7, 11) is 0. The van der Waals surface area contributed by atoms with Crippen LogP contribution in [0.5, 0.6) is 0 Å². The van der Waals surface area contributed by atoms with E-state index >= 15 is 0 Å². The molecule has 0 fully saturated rings. The second-order valence-electron chi connectivity index (χ2n) is 4.45. The number of para-hydroxylation sites is 1. The molecule has 0 radical (unpaired) electrons. The van der Waals surface area contributed by atoms with Crippen molar-refractivity contribution >= 4 is 33.5 Å². The zero-order valence-electron chi connectivity index (χ0n) is 10.3. The Morgan fingerprint density at radius 3 is 2.65 bits per heavy atom. The maximum Gasteiger partial charge on any atom is 0.180 e. The van der Waals surface area contributed by atoms with Gasteiger partial charge in [-0.05, 0) is 18.2 Å². The third kappa shape index (κ3) is 1.66. The first-order valence-electron chi connectivity index (χ1n) is 6.18. The molecule has 5 heteroatoms. The van der Waals surface area contributed by atoms with Crippen molar-refractivity contribution in [2.75, 3.05) is 0 Å². The maximum atomic E-state index is 6.27. The van der Waals surface area contributed by atoms with Crippen LogP contribution in [0.4, 0.5) is 0 Å². The van der Waals surface area contributed by atoms with Crippen molar-refractivity contribution in [3.05, 3.63) is 53.8 Å². The number of aromatic amines is 1. The summed E-state index contributed by atoms with van der Waals surface area (Å²) in [6.45, 7) is 0. The number of benzene rings is 1. The minimum atomic E-state index is 0.409. The van der Waals surface area contributed by atoms with Crippen molar-refractivity contribution in [3.8, 4) is 11.5 Å². The van der Waals surface area contributed by atoms with E-state index in [0.29, 0.717) is 16.7 Å². The van der Waals surface area contributed by atoms with Crippen molar-refractivity contribution in [2.45, 2.75) is 0 Å². The van der Waals surface area contributed by atoms with Gasteiger partial charge in [-0.1, -0.05) is 35.9 Å². The van der Waals surface area contributed by atoms with Gasteiger partial charge in [0.1, 0.15) is 16.7 Å². The van der Waals surface area contributed by atoms with Crippen LogP contribution in [0.3, 0.4) is 0 Å². The van der Waals surface area contributed by atoms with Crippen LogP contribution in [-0.2, 0) is 0 Å². The van der Waals surface area contributed by atoms with Gasteiger partial charge >= 0.3 is 0 Å². The van der Waals surface area contributed by atoms with Gasteiger partial charge in [-0.15, -0.1) is 0 Å². The van der Waals surface area contributed by atoms with Crippen LogP contribution in [0.1, 0.15) is 0 Å². The first kappa shape index (κ1) is 11.4. The summed E-state index contributed by atoms with van der Waals surface area (Å²) in [5, 5.41) is 1.44. The second kappa shape index (κ2) is 4.28. The first-order valence-corrected chi connectivity index (χ1v) is 6.56. The van der Waals surface area contributed by atoms with Crippen LogP contribution in [-0.4, -0.2) is 19.9 Å². The highest BCUT2D eigenvalue weighted by atomic mass is 35.5. The standard InChI is InChI=1S/C15H9ClN4/c16-14-13-12(9-5-1-2-6-10(9)18-13)19-15(20-14)11-7-3-4-8-17-11/h1-8,18H. The highest BCUT2D eigenvalue weighted by molar-refractivity contribution is 6.34. The number of halogens is 1. The highest BCUT2D eigenvalue weighted by Gasteiger charge is 2.13. The molecule has 1 N–H and O–H groups in total. The molecule has 0 spiro atoms. The molecule has 0 bridgehead atoms. The fraction of sp³-hybridized carbons (Fsp3) is 0. The van der Waals surface area contributed by atoms with Crippen molar-refractivity contribution in [1.82, 2.24) is 19.9 Å². The fourth-order valence-corrected chi connectivity index (χ4v) is 2.50. The molecular formula is C15H9ClN4. The lowest BCUT2D eigenvalue weighted by atomic mass is 10.2. The van der Waals surface area contributed by atoms with Crippen LogP contribution in [0.15, 0.2) is 48.7 Å². The number of hydrogen-bond donors (Lipinski definition) is 1. The van der Waals surface area contributed by atoms with Crippen LogP contribution in [0.2, 0.25) is 5.15 Å². The van der Waals surface area contributed by atoms with E-state index < -0.39 is 0 Å². The zero-order valence-corrected chi connectivity index (χ0v) is 11.1. The molecule has 1 aromatic carbocycles. The van der Waals surface area contributed by atoms with Crippen LogP contribution in [0, 0.1) is 0 Å². The van der Waals surface area contributed by atoms with Gasteiger partial charge in [0.2, 0.25) is 0 Å². The Bertz CT molecular complexity index is 915. The van der Waals surface area contributed by atoms with Gasteiger partial charge in [-0.2, -0.15) is 0 Å². The molecule has 0 amide bonds.